The fourth-order valence-electron chi connectivity index (χ4n) is 1.87. The first-order valence-corrected chi connectivity index (χ1v) is 6.19. The molecule has 2 aromatic rings. The SMILES string of the molecule is Cc1ccc(C(NN)c2c(Cl)cnn2C)cc1Cl. The van der Waals surface area contributed by atoms with Crippen LogP contribution in [-0.2, 0) is 7.05 Å². The van der Waals surface area contributed by atoms with Crippen LogP contribution in [0.25, 0.3) is 0 Å². The lowest BCUT2D eigenvalue weighted by molar-refractivity contribution is 0.575. The van der Waals surface area contributed by atoms with Crippen LogP contribution < -0.4 is 11.3 Å². The first-order valence-electron chi connectivity index (χ1n) is 5.44. The Morgan fingerprint density at radius 1 is 1.33 bits per heavy atom. The van der Waals surface area contributed by atoms with E-state index in [0.717, 1.165) is 16.8 Å². The lowest BCUT2D eigenvalue weighted by atomic mass is 10.0. The summed E-state index contributed by atoms with van der Waals surface area (Å²) in [4.78, 5) is 0. The van der Waals surface area contributed by atoms with Crippen molar-refractivity contribution in [3.8, 4) is 0 Å². The number of aryl methyl sites for hydroxylation is 2. The van der Waals surface area contributed by atoms with Crippen molar-refractivity contribution in [2.45, 2.75) is 13.0 Å². The first kappa shape index (κ1) is 13.4. The topological polar surface area (TPSA) is 55.9 Å². The third-order valence-corrected chi connectivity index (χ3v) is 3.61. The first-order chi connectivity index (χ1) is 8.54. The van der Waals surface area contributed by atoms with Crippen molar-refractivity contribution in [2.24, 2.45) is 12.9 Å². The zero-order valence-electron chi connectivity index (χ0n) is 10.1. The third kappa shape index (κ3) is 2.37. The molecule has 0 spiro atoms. The Labute approximate surface area is 116 Å². The summed E-state index contributed by atoms with van der Waals surface area (Å²) in [5.74, 6) is 5.63. The number of benzene rings is 1. The molecule has 0 aliphatic rings. The van der Waals surface area contributed by atoms with Crippen LogP contribution in [0.2, 0.25) is 10.0 Å². The molecule has 2 rings (SSSR count). The molecule has 3 N–H and O–H groups in total. The monoisotopic (exact) mass is 284 g/mol. The molecule has 4 nitrogen and oxygen atoms in total. The van der Waals surface area contributed by atoms with E-state index in [1.807, 2.05) is 32.2 Å². The van der Waals surface area contributed by atoms with Gasteiger partial charge in [-0.05, 0) is 24.1 Å². The van der Waals surface area contributed by atoms with Crippen LogP contribution >= 0.6 is 23.2 Å². The fraction of sp³-hybridized carbons (Fsp3) is 0.250. The molecule has 0 saturated carbocycles. The standard InChI is InChI=1S/C12H14Cl2N4/c1-7-3-4-8(5-9(7)13)11(17-15)12-10(14)6-16-18(12)2/h3-6,11,17H,15H2,1-2H3. The average molecular weight is 285 g/mol. The quantitative estimate of drug-likeness (QED) is 0.673. The number of aromatic nitrogens is 2. The van der Waals surface area contributed by atoms with Gasteiger partial charge in [0.2, 0.25) is 0 Å². The number of nitrogens with zero attached hydrogens (tertiary/aromatic N) is 2. The normalized spacial score (nSPS) is 12.7. The van der Waals surface area contributed by atoms with Crippen LogP contribution in [0.3, 0.4) is 0 Å². The van der Waals surface area contributed by atoms with Gasteiger partial charge in [0, 0.05) is 12.1 Å². The second kappa shape index (κ2) is 5.28. The summed E-state index contributed by atoms with van der Waals surface area (Å²) in [5, 5.41) is 5.37. The predicted octanol–water partition coefficient (Wildman–Crippen LogP) is 2.59. The van der Waals surface area contributed by atoms with E-state index in [2.05, 4.69) is 10.5 Å². The largest absolute Gasteiger partial charge is 0.271 e. The fourth-order valence-corrected chi connectivity index (χ4v) is 2.33. The van der Waals surface area contributed by atoms with Gasteiger partial charge in [-0.25, -0.2) is 5.43 Å². The summed E-state index contributed by atoms with van der Waals surface area (Å²) < 4.78 is 1.70. The summed E-state index contributed by atoms with van der Waals surface area (Å²) >= 11 is 12.3. The molecule has 0 radical (unpaired) electrons. The molecular weight excluding hydrogens is 271 g/mol. The molecule has 96 valence electrons. The number of hydrogen-bond acceptors (Lipinski definition) is 3. The highest BCUT2D eigenvalue weighted by atomic mass is 35.5. The highest BCUT2D eigenvalue weighted by Gasteiger charge is 2.20. The Bertz CT molecular complexity index is 546. The number of nitrogens with one attached hydrogen (secondary N) is 1. The van der Waals surface area contributed by atoms with Gasteiger partial charge in [-0.2, -0.15) is 5.10 Å². The van der Waals surface area contributed by atoms with Gasteiger partial charge in [0.05, 0.1) is 23.0 Å². The molecule has 18 heavy (non-hydrogen) atoms. The van der Waals surface area contributed by atoms with Gasteiger partial charge in [0.15, 0.2) is 0 Å². The van der Waals surface area contributed by atoms with E-state index in [4.69, 9.17) is 29.0 Å². The average Bonchev–Trinajstić information content (AvgIpc) is 2.66. The van der Waals surface area contributed by atoms with Crippen LogP contribution in [0.15, 0.2) is 24.4 Å². The Morgan fingerprint density at radius 2 is 2.06 bits per heavy atom. The van der Waals surface area contributed by atoms with Crippen LogP contribution in [0.5, 0.6) is 0 Å². The van der Waals surface area contributed by atoms with E-state index in [9.17, 15) is 0 Å². The van der Waals surface area contributed by atoms with Crippen molar-refractivity contribution in [3.05, 3.63) is 51.3 Å². The molecule has 0 aliphatic carbocycles. The second-order valence-electron chi connectivity index (χ2n) is 4.11. The van der Waals surface area contributed by atoms with Gasteiger partial charge < -0.3 is 0 Å². The Balaban J connectivity index is 2.48. The van der Waals surface area contributed by atoms with E-state index in [-0.39, 0.29) is 6.04 Å². The van der Waals surface area contributed by atoms with Crippen molar-refractivity contribution >= 4 is 23.2 Å². The molecule has 0 aliphatic heterocycles. The predicted molar refractivity (Wildman–Crippen MR) is 73.6 cm³/mol. The summed E-state index contributed by atoms with van der Waals surface area (Å²) in [6.07, 6.45) is 1.59. The summed E-state index contributed by atoms with van der Waals surface area (Å²) in [7, 11) is 1.82. The molecule has 6 heteroatoms. The number of rotatable bonds is 3. The van der Waals surface area contributed by atoms with E-state index >= 15 is 0 Å². The zero-order valence-corrected chi connectivity index (χ0v) is 11.6. The van der Waals surface area contributed by atoms with Gasteiger partial charge in [0.1, 0.15) is 0 Å². The smallest absolute Gasteiger partial charge is 0.0893 e. The van der Waals surface area contributed by atoms with Crippen LogP contribution in [0, 0.1) is 6.92 Å². The van der Waals surface area contributed by atoms with Crippen molar-refractivity contribution in [2.75, 3.05) is 0 Å². The van der Waals surface area contributed by atoms with Gasteiger partial charge in [-0.3, -0.25) is 10.5 Å². The number of halogens is 2. The molecule has 1 unspecified atom stereocenters. The Kier molecular flexibility index (Phi) is 3.92. The molecule has 0 amide bonds. The molecule has 1 aromatic heterocycles. The Hall–Kier alpha value is -1.07. The highest BCUT2D eigenvalue weighted by molar-refractivity contribution is 6.31. The molecular formula is C12H14Cl2N4. The Morgan fingerprint density at radius 3 is 2.56 bits per heavy atom. The summed E-state index contributed by atoms with van der Waals surface area (Å²) in [6, 6.07) is 5.55. The molecule has 0 saturated heterocycles. The maximum absolute atomic E-state index is 6.13. The number of nitrogens with two attached hydrogens (primary N) is 1. The molecule has 0 bridgehead atoms. The highest BCUT2D eigenvalue weighted by Crippen LogP contribution is 2.29. The third-order valence-electron chi connectivity index (χ3n) is 2.91. The maximum atomic E-state index is 6.13. The van der Waals surface area contributed by atoms with Gasteiger partial charge in [-0.15, -0.1) is 0 Å². The lowest BCUT2D eigenvalue weighted by Gasteiger charge is -2.18. The molecule has 1 atom stereocenters. The summed E-state index contributed by atoms with van der Waals surface area (Å²) in [5.41, 5.74) is 5.51. The van der Waals surface area contributed by atoms with Crippen molar-refractivity contribution in [3.63, 3.8) is 0 Å². The van der Waals surface area contributed by atoms with E-state index in [1.54, 1.807) is 10.9 Å². The van der Waals surface area contributed by atoms with E-state index < -0.39 is 0 Å². The minimum absolute atomic E-state index is 0.247. The van der Waals surface area contributed by atoms with Gasteiger partial charge in [-0.1, -0.05) is 35.3 Å². The van der Waals surface area contributed by atoms with Gasteiger partial charge in [0.25, 0.3) is 0 Å². The number of hydrogen-bond donors (Lipinski definition) is 2. The molecule has 1 heterocycles. The van der Waals surface area contributed by atoms with Gasteiger partial charge >= 0.3 is 0 Å². The van der Waals surface area contributed by atoms with Crippen LogP contribution in [0.1, 0.15) is 22.9 Å². The minimum Gasteiger partial charge on any atom is -0.271 e. The maximum Gasteiger partial charge on any atom is 0.0893 e. The second-order valence-corrected chi connectivity index (χ2v) is 4.92. The van der Waals surface area contributed by atoms with E-state index in [1.165, 1.54) is 0 Å². The lowest BCUT2D eigenvalue weighted by Crippen LogP contribution is -2.30. The summed E-state index contributed by atoms with van der Waals surface area (Å²) in [6.45, 7) is 1.95. The molecule has 1 aromatic carbocycles. The van der Waals surface area contributed by atoms with Crippen LogP contribution in [0.4, 0.5) is 0 Å². The minimum atomic E-state index is -0.247. The van der Waals surface area contributed by atoms with Crippen molar-refractivity contribution in [1.82, 2.24) is 15.2 Å². The number of hydrazine groups is 1. The van der Waals surface area contributed by atoms with E-state index in [0.29, 0.717) is 10.0 Å². The van der Waals surface area contributed by atoms with Crippen molar-refractivity contribution < 1.29 is 0 Å². The molecule has 0 fully saturated rings. The van der Waals surface area contributed by atoms with Crippen molar-refractivity contribution in [1.29, 1.82) is 0 Å². The van der Waals surface area contributed by atoms with Crippen LogP contribution in [-0.4, -0.2) is 9.78 Å². The zero-order chi connectivity index (χ0) is 13.3.